The largest absolute Gasteiger partial charge is 0.348 e. The van der Waals surface area contributed by atoms with E-state index in [0.717, 1.165) is 11.1 Å². The van der Waals surface area contributed by atoms with E-state index in [2.05, 4.69) is 10.6 Å². The van der Waals surface area contributed by atoms with Crippen LogP contribution in [0.15, 0.2) is 72.8 Å². The Morgan fingerprint density at radius 1 is 0.829 bits per heavy atom. The maximum absolute atomic E-state index is 12.6. The zero-order valence-corrected chi connectivity index (χ0v) is 19.7. The van der Waals surface area contributed by atoms with Crippen molar-refractivity contribution in [2.24, 2.45) is 5.92 Å². The number of hydrogen-bond donors (Lipinski definition) is 2. The molecule has 2 N–H and O–H groups in total. The molecule has 1 aliphatic rings. The highest BCUT2D eigenvalue weighted by atomic mass is 16.2. The average Bonchev–Trinajstić information content (AvgIpc) is 3.08. The fraction of sp³-hybridized carbons (Fsp3) is 0.214. The van der Waals surface area contributed by atoms with Gasteiger partial charge in [-0.05, 0) is 53.4 Å². The summed E-state index contributed by atoms with van der Waals surface area (Å²) in [5.74, 6) is -0.629. The van der Waals surface area contributed by atoms with Crippen molar-refractivity contribution < 1.29 is 19.2 Å². The Balaban J connectivity index is 1.33. The number of rotatable bonds is 8. The van der Waals surface area contributed by atoms with E-state index in [4.69, 9.17) is 0 Å². The van der Waals surface area contributed by atoms with E-state index in [1.54, 1.807) is 48.5 Å². The molecule has 0 bridgehead atoms. The number of carbonyl (C=O) groups excluding carboxylic acids is 4. The van der Waals surface area contributed by atoms with Gasteiger partial charge in [-0.15, -0.1) is 0 Å². The molecule has 4 amide bonds. The van der Waals surface area contributed by atoms with Crippen LogP contribution in [0.25, 0.3) is 0 Å². The van der Waals surface area contributed by atoms with E-state index >= 15 is 0 Å². The van der Waals surface area contributed by atoms with Gasteiger partial charge in [0.05, 0.1) is 17.7 Å². The summed E-state index contributed by atoms with van der Waals surface area (Å²) < 4.78 is 0. The molecule has 0 radical (unpaired) electrons. The van der Waals surface area contributed by atoms with Gasteiger partial charge in [0.25, 0.3) is 17.7 Å². The lowest BCUT2D eigenvalue weighted by atomic mass is 10.1. The number of anilines is 1. The first-order valence-electron chi connectivity index (χ1n) is 11.5. The van der Waals surface area contributed by atoms with Crippen molar-refractivity contribution in [1.29, 1.82) is 0 Å². The van der Waals surface area contributed by atoms with Crippen LogP contribution in [0.5, 0.6) is 0 Å². The van der Waals surface area contributed by atoms with Crippen molar-refractivity contribution in [2.45, 2.75) is 33.4 Å². The number of nitrogens with zero attached hydrogens (tertiary/aromatic N) is 1. The van der Waals surface area contributed by atoms with Crippen LogP contribution in [-0.2, 0) is 17.9 Å². The Bertz CT molecular complexity index is 1250. The first-order chi connectivity index (χ1) is 16.8. The molecule has 0 aliphatic carbocycles. The molecular weight excluding hydrogens is 442 g/mol. The van der Waals surface area contributed by atoms with Crippen molar-refractivity contribution >= 4 is 29.3 Å². The van der Waals surface area contributed by atoms with Crippen LogP contribution in [0, 0.1) is 5.92 Å². The highest BCUT2D eigenvalue weighted by molar-refractivity contribution is 6.21. The molecule has 1 heterocycles. The maximum Gasteiger partial charge on any atom is 0.261 e. The molecule has 0 aromatic heterocycles. The molecule has 0 fully saturated rings. The number of amides is 4. The van der Waals surface area contributed by atoms with Gasteiger partial charge in [-0.2, -0.15) is 0 Å². The van der Waals surface area contributed by atoms with Gasteiger partial charge in [0.1, 0.15) is 0 Å². The predicted octanol–water partition coefficient (Wildman–Crippen LogP) is 4.40. The van der Waals surface area contributed by atoms with E-state index in [9.17, 15) is 19.2 Å². The van der Waals surface area contributed by atoms with Crippen molar-refractivity contribution in [2.75, 3.05) is 5.32 Å². The standard InChI is InChI=1S/C28H27N3O4/c1-18(2)14-25(32)30-22-7-5-6-20(15-22)16-29-26(33)21-12-10-19(11-13-21)17-31-27(34)23-8-3-4-9-24(23)28(31)35/h3-13,15,18H,14,16-17H2,1-2H3,(H,29,33)(H,30,32). The second kappa shape index (κ2) is 10.3. The van der Waals surface area contributed by atoms with Gasteiger partial charge < -0.3 is 10.6 Å². The molecule has 0 spiro atoms. The van der Waals surface area contributed by atoms with Crippen LogP contribution in [0.3, 0.4) is 0 Å². The van der Waals surface area contributed by atoms with Gasteiger partial charge in [-0.1, -0.05) is 50.2 Å². The molecule has 35 heavy (non-hydrogen) atoms. The summed E-state index contributed by atoms with van der Waals surface area (Å²) in [5.41, 5.74) is 3.61. The van der Waals surface area contributed by atoms with Crippen molar-refractivity contribution in [3.8, 4) is 0 Å². The monoisotopic (exact) mass is 469 g/mol. The maximum atomic E-state index is 12.6. The second-order valence-electron chi connectivity index (χ2n) is 8.97. The lowest BCUT2D eigenvalue weighted by Gasteiger charge is -2.14. The smallest absolute Gasteiger partial charge is 0.261 e. The Morgan fingerprint density at radius 3 is 2.11 bits per heavy atom. The van der Waals surface area contributed by atoms with Crippen LogP contribution in [-0.4, -0.2) is 28.5 Å². The summed E-state index contributed by atoms with van der Waals surface area (Å²) >= 11 is 0. The number of imide groups is 1. The molecule has 0 atom stereocenters. The van der Waals surface area contributed by atoms with Gasteiger partial charge in [0, 0.05) is 24.2 Å². The molecule has 4 rings (SSSR count). The molecule has 7 heteroatoms. The molecule has 3 aromatic rings. The normalized spacial score (nSPS) is 12.6. The summed E-state index contributed by atoms with van der Waals surface area (Å²) in [5, 5.41) is 5.75. The van der Waals surface area contributed by atoms with E-state index in [1.165, 1.54) is 4.90 Å². The van der Waals surface area contributed by atoms with Crippen LogP contribution >= 0.6 is 0 Å². The molecule has 178 valence electrons. The first kappa shape index (κ1) is 23.9. The van der Waals surface area contributed by atoms with Crippen LogP contribution in [0.2, 0.25) is 0 Å². The van der Waals surface area contributed by atoms with Crippen LogP contribution < -0.4 is 10.6 Å². The molecule has 0 unspecified atom stereocenters. The minimum atomic E-state index is -0.310. The van der Waals surface area contributed by atoms with E-state index < -0.39 is 0 Å². The van der Waals surface area contributed by atoms with Crippen LogP contribution in [0.1, 0.15) is 62.5 Å². The zero-order valence-electron chi connectivity index (χ0n) is 19.7. The fourth-order valence-electron chi connectivity index (χ4n) is 3.95. The minimum Gasteiger partial charge on any atom is -0.348 e. The number of hydrogen-bond acceptors (Lipinski definition) is 4. The van der Waals surface area contributed by atoms with Gasteiger partial charge in [-0.25, -0.2) is 0 Å². The minimum absolute atomic E-state index is 0.0394. The quantitative estimate of drug-likeness (QED) is 0.478. The Kier molecular flexibility index (Phi) is 7.06. The van der Waals surface area contributed by atoms with Gasteiger partial charge >= 0.3 is 0 Å². The van der Waals surface area contributed by atoms with Crippen molar-refractivity contribution in [1.82, 2.24) is 10.2 Å². The van der Waals surface area contributed by atoms with E-state index in [1.807, 2.05) is 38.1 Å². The molecule has 3 aromatic carbocycles. The van der Waals surface area contributed by atoms with Gasteiger partial charge in [0.2, 0.25) is 5.91 Å². The third-order valence-corrected chi connectivity index (χ3v) is 5.69. The number of fused-ring (bicyclic) bond motifs is 1. The highest BCUT2D eigenvalue weighted by Gasteiger charge is 2.34. The summed E-state index contributed by atoms with van der Waals surface area (Å²) in [6.45, 7) is 4.43. The molecule has 1 aliphatic heterocycles. The number of nitrogens with one attached hydrogen (secondary N) is 2. The number of carbonyl (C=O) groups is 4. The average molecular weight is 470 g/mol. The number of benzene rings is 3. The topological polar surface area (TPSA) is 95.6 Å². The van der Waals surface area contributed by atoms with Crippen molar-refractivity contribution in [3.05, 3.63) is 101 Å². The Morgan fingerprint density at radius 2 is 1.49 bits per heavy atom. The summed E-state index contributed by atoms with van der Waals surface area (Å²) in [7, 11) is 0. The van der Waals surface area contributed by atoms with E-state index in [-0.39, 0.29) is 36.1 Å². The fourth-order valence-corrected chi connectivity index (χ4v) is 3.95. The zero-order chi connectivity index (χ0) is 24.9. The van der Waals surface area contributed by atoms with Gasteiger partial charge in [0.15, 0.2) is 0 Å². The summed E-state index contributed by atoms with van der Waals surface area (Å²) in [6.07, 6.45) is 0.448. The molecule has 0 saturated carbocycles. The third-order valence-electron chi connectivity index (χ3n) is 5.69. The van der Waals surface area contributed by atoms with Crippen LogP contribution in [0.4, 0.5) is 5.69 Å². The second-order valence-corrected chi connectivity index (χ2v) is 8.97. The lowest BCUT2D eigenvalue weighted by molar-refractivity contribution is -0.116. The first-order valence-corrected chi connectivity index (χ1v) is 11.5. The predicted molar refractivity (Wildman–Crippen MR) is 133 cm³/mol. The van der Waals surface area contributed by atoms with Gasteiger partial charge in [-0.3, -0.25) is 24.1 Å². The Hall–Kier alpha value is -4.26. The molecular formula is C28H27N3O4. The lowest BCUT2D eigenvalue weighted by Crippen LogP contribution is -2.29. The van der Waals surface area contributed by atoms with Crippen molar-refractivity contribution in [3.63, 3.8) is 0 Å². The Labute approximate surface area is 204 Å². The third kappa shape index (κ3) is 5.63. The summed E-state index contributed by atoms with van der Waals surface area (Å²) in [6, 6.07) is 21.0. The molecule has 7 nitrogen and oxygen atoms in total. The van der Waals surface area contributed by atoms with E-state index in [0.29, 0.717) is 35.3 Å². The summed E-state index contributed by atoms with van der Waals surface area (Å²) in [4.78, 5) is 50.9. The SMILES string of the molecule is CC(C)CC(=O)Nc1cccc(CNC(=O)c2ccc(CN3C(=O)c4ccccc4C3=O)cc2)c1. The highest BCUT2D eigenvalue weighted by Crippen LogP contribution is 2.24. The molecule has 0 saturated heterocycles.